The molecule has 0 aliphatic heterocycles. The van der Waals surface area contributed by atoms with Gasteiger partial charge in [0.2, 0.25) is 0 Å². The van der Waals surface area contributed by atoms with Crippen molar-refractivity contribution in [1.29, 1.82) is 0 Å². The molecular weight excluding hydrogens is 863 g/mol. The summed E-state index contributed by atoms with van der Waals surface area (Å²) in [5, 5.41) is 11.7. The van der Waals surface area contributed by atoms with Gasteiger partial charge in [0.1, 0.15) is 13.2 Å². The highest BCUT2D eigenvalue weighted by Gasteiger charge is 2.22. The maximum Gasteiger partial charge on any atom is 0.306 e. The molecule has 0 aromatic rings. The molecule has 2 unspecified atom stereocenters. The molecular formula is C60H107NO8. The SMILES string of the molecule is CC/C=C\C/C=C\C/C=C\CCCCCC(=O)OC(COC(=O)CCCCCCCCCCCCCCCCCCCCC/C=C\C/C=C\CCCCCCC)COC(OCC[N+](C)(C)C)C(=O)[O-]. The molecule has 400 valence electrons. The van der Waals surface area contributed by atoms with Crippen molar-refractivity contribution in [1.82, 2.24) is 0 Å². The van der Waals surface area contributed by atoms with Crippen molar-refractivity contribution in [2.24, 2.45) is 0 Å². The molecule has 9 nitrogen and oxygen atoms in total. The second kappa shape index (κ2) is 51.3. The van der Waals surface area contributed by atoms with Gasteiger partial charge in [-0.1, -0.05) is 216 Å². The minimum atomic E-state index is -1.63. The number of carboxylic acids is 1. The summed E-state index contributed by atoms with van der Waals surface area (Å²) in [5.41, 5.74) is 0. The quantitative estimate of drug-likeness (QED) is 0.0195. The Bertz CT molecular complexity index is 1310. The zero-order valence-corrected chi connectivity index (χ0v) is 45.4. The molecule has 0 amide bonds. The van der Waals surface area contributed by atoms with E-state index in [0.717, 1.165) is 64.2 Å². The Labute approximate surface area is 425 Å². The number of allylic oxidation sites excluding steroid dienone is 10. The number of rotatable bonds is 52. The number of carbonyl (C=O) groups excluding carboxylic acids is 3. The van der Waals surface area contributed by atoms with Crippen LogP contribution < -0.4 is 5.11 Å². The predicted octanol–water partition coefficient (Wildman–Crippen LogP) is 15.1. The highest BCUT2D eigenvalue weighted by Crippen LogP contribution is 2.16. The van der Waals surface area contributed by atoms with Gasteiger partial charge in [0.15, 0.2) is 12.4 Å². The van der Waals surface area contributed by atoms with Gasteiger partial charge < -0.3 is 33.3 Å². The molecule has 0 N–H and O–H groups in total. The average molecular weight is 971 g/mol. The standard InChI is InChI=1S/C60H107NO8/c1-6-8-10-12-14-16-18-20-21-22-23-24-25-26-27-28-29-30-31-32-33-34-35-36-37-39-40-42-44-46-48-50-57(62)67-54-56(55-68-60(59(64)65)66-53-52-61(3,4)5)69-58(63)51-49-47-45-43-41-38-19-17-15-13-11-9-7-2/h9,11,15,17-18,20,22-23,38,41,56,60H,6-8,10,12-14,16,19,21,24-37,39-40,42-55H2,1-5H3/b11-9-,17-15-,20-18-,23-22-,41-38-. The highest BCUT2D eigenvalue weighted by atomic mass is 16.7. The lowest BCUT2D eigenvalue weighted by atomic mass is 10.0. The number of carbonyl (C=O) groups is 3. The van der Waals surface area contributed by atoms with Gasteiger partial charge in [-0.25, -0.2) is 0 Å². The van der Waals surface area contributed by atoms with E-state index in [1.807, 2.05) is 21.1 Å². The largest absolute Gasteiger partial charge is 0.545 e. The number of aliphatic carboxylic acids is 1. The van der Waals surface area contributed by atoms with Crippen molar-refractivity contribution in [2.45, 2.75) is 257 Å². The van der Waals surface area contributed by atoms with Crippen LogP contribution in [0.5, 0.6) is 0 Å². The monoisotopic (exact) mass is 970 g/mol. The maximum atomic E-state index is 12.8. The first-order valence-electron chi connectivity index (χ1n) is 28.4. The van der Waals surface area contributed by atoms with Crippen LogP contribution in [0.3, 0.4) is 0 Å². The van der Waals surface area contributed by atoms with Crippen LogP contribution in [0.1, 0.15) is 245 Å². The van der Waals surface area contributed by atoms with Crippen molar-refractivity contribution in [3.63, 3.8) is 0 Å². The van der Waals surface area contributed by atoms with Crippen LogP contribution in [0.25, 0.3) is 0 Å². The van der Waals surface area contributed by atoms with E-state index in [4.69, 9.17) is 18.9 Å². The summed E-state index contributed by atoms with van der Waals surface area (Å²) < 4.78 is 22.6. The fraction of sp³-hybridized carbons (Fsp3) is 0.783. The predicted molar refractivity (Wildman–Crippen MR) is 288 cm³/mol. The number of unbranched alkanes of at least 4 members (excludes halogenated alkanes) is 27. The number of carboxylic acid groups (broad SMARTS) is 1. The van der Waals surface area contributed by atoms with Gasteiger partial charge in [-0.05, 0) is 77.0 Å². The second-order valence-corrected chi connectivity index (χ2v) is 20.2. The van der Waals surface area contributed by atoms with Crippen LogP contribution in [0.15, 0.2) is 60.8 Å². The summed E-state index contributed by atoms with van der Waals surface area (Å²) in [7, 11) is 5.90. The normalized spacial score (nSPS) is 13.2. The van der Waals surface area contributed by atoms with Crippen LogP contribution >= 0.6 is 0 Å². The molecule has 0 heterocycles. The third kappa shape index (κ3) is 52.6. The molecule has 0 bridgehead atoms. The second-order valence-electron chi connectivity index (χ2n) is 20.2. The molecule has 0 aliphatic carbocycles. The van der Waals surface area contributed by atoms with Gasteiger partial charge in [0, 0.05) is 12.8 Å². The Hall–Kier alpha value is -3.01. The third-order valence-electron chi connectivity index (χ3n) is 12.2. The fourth-order valence-electron chi connectivity index (χ4n) is 7.88. The number of hydrogen-bond donors (Lipinski definition) is 0. The summed E-state index contributed by atoms with van der Waals surface area (Å²) in [4.78, 5) is 37.1. The van der Waals surface area contributed by atoms with Crippen LogP contribution in [0, 0.1) is 0 Å². The zero-order valence-electron chi connectivity index (χ0n) is 45.4. The Kier molecular flexibility index (Phi) is 49.1. The summed E-state index contributed by atoms with van der Waals surface area (Å²) >= 11 is 0. The minimum Gasteiger partial charge on any atom is -0.545 e. The Balaban J connectivity index is 4.09. The van der Waals surface area contributed by atoms with E-state index < -0.39 is 24.3 Å². The van der Waals surface area contributed by atoms with E-state index in [-0.39, 0.29) is 38.6 Å². The highest BCUT2D eigenvalue weighted by molar-refractivity contribution is 5.70. The van der Waals surface area contributed by atoms with Gasteiger partial charge in [-0.3, -0.25) is 9.59 Å². The van der Waals surface area contributed by atoms with E-state index >= 15 is 0 Å². The van der Waals surface area contributed by atoms with E-state index in [1.54, 1.807) is 0 Å². The Morgan fingerprint density at radius 2 is 0.826 bits per heavy atom. The molecule has 0 fully saturated rings. The topological polar surface area (TPSA) is 111 Å². The van der Waals surface area contributed by atoms with Crippen molar-refractivity contribution in [2.75, 3.05) is 47.5 Å². The summed E-state index contributed by atoms with van der Waals surface area (Å²) in [6, 6.07) is 0. The van der Waals surface area contributed by atoms with Gasteiger partial charge in [-0.15, -0.1) is 0 Å². The van der Waals surface area contributed by atoms with Crippen LogP contribution in [-0.2, 0) is 33.3 Å². The number of hydrogen-bond acceptors (Lipinski definition) is 8. The number of ether oxygens (including phenoxy) is 4. The molecule has 0 spiro atoms. The molecule has 69 heavy (non-hydrogen) atoms. The van der Waals surface area contributed by atoms with Crippen molar-refractivity contribution < 1.29 is 42.9 Å². The first kappa shape index (κ1) is 66.0. The van der Waals surface area contributed by atoms with Gasteiger partial charge in [0.05, 0.1) is 40.3 Å². The minimum absolute atomic E-state index is 0.141. The third-order valence-corrected chi connectivity index (χ3v) is 12.2. The lowest BCUT2D eigenvalue weighted by Gasteiger charge is -2.26. The van der Waals surface area contributed by atoms with Gasteiger partial charge in [-0.2, -0.15) is 0 Å². The Morgan fingerprint density at radius 1 is 0.449 bits per heavy atom. The lowest BCUT2D eigenvalue weighted by Crippen LogP contribution is -2.44. The molecule has 0 saturated heterocycles. The number of likely N-dealkylation sites (N-methyl/N-ethyl adjacent to an activating group) is 1. The van der Waals surface area contributed by atoms with Gasteiger partial charge in [0.25, 0.3) is 0 Å². The van der Waals surface area contributed by atoms with Crippen molar-refractivity contribution in [3.05, 3.63) is 60.8 Å². The first-order chi connectivity index (χ1) is 33.6. The van der Waals surface area contributed by atoms with Gasteiger partial charge >= 0.3 is 11.9 Å². The molecule has 0 aromatic carbocycles. The smallest absolute Gasteiger partial charge is 0.306 e. The van der Waals surface area contributed by atoms with Crippen LogP contribution in [-0.4, -0.2) is 82.3 Å². The molecule has 0 rings (SSSR count). The fourth-order valence-corrected chi connectivity index (χ4v) is 7.88. The summed E-state index contributed by atoms with van der Waals surface area (Å²) in [5.74, 6) is -2.32. The zero-order chi connectivity index (χ0) is 50.6. The first-order valence-corrected chi connectivity index (χ1v) is 28.4. The summed E-state index contributed by atoms with van der Waals surface area (Å²) in [6.07, 6.45) is 61.5. The number of nitrogens with zero attached hydrogens (tertiary/aromatic N) is 1. The number of quaternary nitrogens is 1. The van der Waals surface area contributed by atoms with E-state index in [9.17, 15) is 19.5 Å². The van der Waals surface area contributed by atoms with Crippen molar-refractivity contribution >= 4 is 17.9 Å². The van der Waals surface area contributed by atoms with E-state index in [2.05, 4.69) is 74.6 Å². The molecule has 0 radical (unpaired) electrons. The summed E-state index contributed by atoms with van der Waals surface area (Å²) in [6.45, 7) is 4.59. The molecule has 9 heteroatoms. The molecule has 2 atom stereocenters. The molecule has 0 aromatic heterocycles. The molecule has 0 aliphatic rings. The van der Waals surface area contributed by atoms with Crippen LogP contribution in [0.2, 0.25) is 0 Å². The number of esters is 2. The Morgan fingerprint density at radius 3 is 1.25 bits per heavy atom. The van der Waals surface area contributed by atoms with Crippen molar-refractivity contribution in [3.8, 4) is 0 Å². The molecule has 0 saturated carbocycles. The van der Waals surface area contributed by atoms with E-state index in [1.165, 1.54) is 148 Å². The maximum absolute atomic E-state index is 12.8. The average Bonchev–Trinajstić information content (AvgIpc) is 3.31. The lowest BCUT2D eigenvalue weighted by molar-refractivity contribution is -0.870. The van der Waals surface area contributed by atoms with Crippen LogP contribution in [0.4, 0.5) is 0 Å². The van der Waals surface area contributed by atoms with E-state index in [0.29, 0.717) is 17.4 Å².